The molecule has 1 aliphatic heterocycles. The SMILES string of the molecule is COc1ccc2cc(C(=O)N3CCc4c([nH]c5ccccc45)C3c3ccccn3)n(C)c2c1. The highest BCUT2D eigenvalue weighted by Crippen LogP contribution is 2.38. The number of hydrogen-bond acceptors (Lipinski definition) is 3. The van der Waals surface area contributed by atoms with E-state index in [9.17, 15) is 4.79 Å². The molecule has 1 unspecified atom stereocenters. The smallest absolute Gasteiger partial charge is 0.271 e. The van der Waals surface area contributed by atoms with Crippen LogP contribution >= 0.6 is 0 Å². The second-order valence-corrected chi connectivity index (χ2v) is 8.48. The molecule has 0 fully saturated rings. The molecule has 2 aromatic carbocycles. The van der Waals surface area contributed by atoms with Crippen LogP contribution in [0, 0.1) is 0 Å². The molecular weight excluding hydrogens is 412 g/mol. The second-order valence-electron chi connectivity index (χ2n) is 8.48. The molecule has 1 amide bonds. The van der Waals surface area contributed by atoms with E-state index in [0.717, 1.165) is 40.0 Å². The molecular formula is C27H24N4O2. The summed E-state index contributed by atoms with van der Waals surface area (Å²) in [4.78, 5) is 24.2. The number of aromatic amines is 1. The number of nitrogens with one attached hydrogen (secondary N) is 1. The number of para-hydroxylation sites is 1. The quantitative estimate of drug-likeness (QED) is 0.440. The van der Waals surface area contributed by atoms with Gasteiger partial charge in [0.05, 0.1) is 18.3 Å². The maximum Gasteiger partial charge on any atom is 0.271 e. The summed E-state index contributed by atoms with van der Waals surface area (Å²) in [5, 5.41) is 2.23. The van der Waals surface area contributed by atoms with E-state index in [0.29, 0.717) is 12.2 Å². The van der Waals surface area contributed by atoms with Gasteiger partial charge in [0, 0.05) is 47.8 Å². The van der Waals surface area contributed by atoms with Gasteiger partial charge in [-0.25, -0.2) is 0 Å². The van der Waals surface area contributed by atoms with Gasteiger partial charge in [0.15, 0.2) is 0 Å². The van der Waals surface area contributed by atoms with Gasteiger partial charge < -0.3 is 19.2 Å². The first-order valence-corrected chi connectivity index (χ1v) is 11.1. The fraction of sp³-hybridized carbons (Fsp3) is 0.185. The third-order valence-electron chi connectivity index (χ3n) is 6.73. The van der Waals surface area contributed by atoms with Crippen LogP contribution in [-0.2, 0) is 13.5 Å². The second kappa shape index (κ2) is 7.52. The van der Waals surface area contributed by atoms with Crippen LogP contribution in [0.2, 0.25) is 0 Å². The van der Waals surface area contributed by atoms with E-state index < -0.39 is 0 Å². The Hall–Kier alpha value is -4.06. The number of fused-ring (bicyclic) bond motifs is 4. The lowest BCUT2D eigenvalue weighted by molar-refractivity contribution is 0.0679. The van der Waals surface area contributed by atoms with Crippen molar-refractivity contribution < 1.29 is 9.53 Å². The molecule has 1 atom stereocenters. The number of benzene rings is 2. The number of methoxy groups -OCH3 is 1. The zero-order valence-corrected chi connectivity index (χ0v) is 18.6. The van der Waals surface area contributed by atoms with Gasteiger partial charge in [-0.1, -0.05) is 24.3 Å². The van der Waals surface area contributed by atoms with Crippen LogP contribution < -0.4 is 4.74 Å². The number of hydrogen-bond donors (Lipinski definition) is 1. The number of H-pyrrole nitrogens is 1. The number of rotatable bonds is 3. The predicted molar refractivity (Wildman–Crippen MR) is 129 cm³/mol. The lowest BCUT2D eigenvalue weighted by Crippen LogP contribution is -2.41. The number of aryl methyl sites for hydroxylation is 1. The third kappa shape index (κ3) is 3.02. The molecule has 0 spiro atoms. The Morgan fingerprint density at radius 3 is 2.76 bits per heavy atom. The monoisotopic (exact) mass is 436 g/mol. The van der Waals surface area contributed by atoms with Crippen LogP contribution in [0.3, 0.4) is 0 Å². The van der Waals surface area contributed by atoms with Crippen molar-refractivity contribution in [3.05, 3.63) is 95.6 Å². The molecule has 0 saturated carbocycles. The molecule has 1 N–H and O–H groups in total. The van der Waals surface area contributed by atoms with E-state index in [4.69, 9.17) is 4.74 Å². The number of pyridine rings is 1. The van der Waals surface area contributed by atoms with Crippen molar-refractivity contribution in [2.75, 3.05) is 13.7 Å². The number of amides is 1. The summed E-state index contributed by atoms with van der Waals surface area (Å²) in [6.45, 7) is 0.625. The van der Waals surface area contributed by atoms with Crippen molar-refractivity contribution in [3.63, 3.8) is 0 Å². The first-order chi connectivity index (χ1) is 16.2. The molecule has 6 nitrogen and oxygen atoms in total. The molecule has 0 radical (unpaired) electrons. The van der Waals surface area contributed by atoms with Gasteiger partial charge >= 0.3 is 0 Å². The van der Waals surface area contributed by atoms with Crippen molar-refractivity contribution in [1.82, 2.24) is 19.4 Å². The fourth-order valence-corrected chi connectivity index (χ4v) is 5.09. The van der Waals surface area contributed by atoms with E-state index in [1.165, 1.54) is 10.9 Å². The number of nitrogens with zero attached hydrogens (tertiary/aromatic N) is 3. The van der Waals surface area contributed by atoms with E-state index in [1.54, 1.807) is 13.3 Å². The summed E-state index contributed by atoms with van der Waals surface area (Å²) >= 11 is 0. The first kappa shape index (κ1) is 19.6. The first-order valence-electron chi connectivity index (χ1n) is 11.1. The molecule has 0 bridgehead atoms. The van der Waals surface area contributed by atoms with Crippen LogP contribution in [0.15, 0.2) is 72.9 Å². The zero-order chi connectivity index (χ0) is 22.5. The molecule has 6 heteroatoms. The number of aromatic nitrogens is 3. The standard InChI is InChI=1S/C27H24N4O2/c1-30-23-16-18(33-2)11-10-17(23)15-24(30)27(32)31-14-12-20-19-7-3-4-8-21(19)29-25(20)26(31)22-9-5-6-13-28-22/h3-11,13,15-16,26,29H,12,14H2,1-2H3. The number of ether oxygens (including phenoxy) is 1. The van der Waals surface area contributed by atoms with Gasteiger partial charge in [-0.15, -0.1) is 0 Å². The van der Waals surface area contributed by atoms with Crippen molar-refractivity contribution >= 4 is 27.7 Å². The topological polar surface area (TPSA) is 63.1 Å². The van der Waals surface area contributed by atoms with Crippen LogP contribution in [0.5, 0.6) is 5.75 Å². The summed E-state index contributed by atoms with van der Waals surface area (Å²) in [6, 6.07) is 21.8. The van der Waals surface area contributed by atoms with E-state index >= 15 is 0 Å². The molecule has 4 heterocycles. The summed E-state index contributed by atoms with van der Waals surface area (Å²) < 4.78 is 7.34. The van der Waals surface area contributed by atoms with Crippen LogP contribution in [-0.4, -0.2) is 39.0 Å². The lowest BCUT2D eigenvalue weighted by Gasteiger charge is -2.35. The van der Waals surface area contributed by atoms with Crippen molar-refractivity contribution in [2.24, 2.45) is 7.05 Å². The Morgan fingerprint density at radius 1 is 1.09 bits per heavy atom. The van der Waals surface area contributed by atoms with Gasteiger partial charge in [-0.3, -0.25) is 9.78 Å². The van der Waals surface area contributed by atoms with Gasteiger partial charge in [0.1, 0.15) is 17.5 Å². The minimum atomic E-state index is -0.276. The summed E-state index contributed by atoms with van der Waals surface area (Å²) in [5.41, 5.74) is 5.89. The van der Waals surface area contributed by atoms with Gasteiger partial charge in [0.25, 0.3) is 5.91 Å². The largest absolute Gasteiger partial charge is 0.497 e. The van der Waals surface area contributed by atoms with Crippen molar-refractivity contribution in [2.45, 2.75) is 12.5 Å². The fourth-order valence-electron chi connectivity index (χ4n) is 5.09. The molecule has 0 aliphatic carbocycles. The molecule has 164 valence electrons. The summed E-state index contributed by atoms with van der Waals surface area (Å²) in [7, 11) is 3.59. The van der Waals surface area contributed by atoms with Gasteiger partial charge in [-0.05, 0) is 48.4 Å². The van der Waals surface area contributed by atoms with Crippen molar-refractivity contribution in [1.29, 1.82) is 0 Å². The normalized spacial score (nSPS) is 15.7. The third-order valence-corrected chi connectivity index (χ3v) is 6.73. The maximum absolute atomic E-state index is 14.0. The number of carbonyl (C=O) groups excluding carboxylic acids is 1. The Labute approximate surface area is 191 Å². The maximum atomic E-state index is 14.0. The Morgan fingerprint density at radius 2 is 1.94 bits per heavy atom. The summed E-state index contributed by atoms with van der Waals surface area (Å²) in [6.07, 6.45) is 2.59. The number of carbonyl (C=O) groups is 1. The van der Waals surface area contributed by atoms with Gasteiger partial charge in [0.2, 0.25) is 0 Å². The predicted octanol–water partition coefficient (Wildman–Crippen LogP) is 4.85. The van der Waals surface area contributed by atoms with E-state index in [-0.39, 0.29) is 11.9 Å². The molecule has 5 aromatic rings. The summed E-state index contributed by atoms with van der Waals surface area (Å²) in [5.74, 6) is 0.766. The highest BCUT2D eigenvalue weighted by molar-refractivity contribution is 5.99. The minimum absolute atomic E-state index is 0.00683. The Bertz CT molecular complexity index is 1500. The van der Waals surface area contributed by atoms with Crippen LogP contribution in [0.4, 0.5) is 0 Å². The highest BCUT2D eigenvalue weighted by Gasteiger charge is 2.36. The van der Waals surface area contributed by atoms with E-state index in [1.807, 2.05) is 65.0 Å². The lowest BCUT2D eigenvalue weighted by atomic mass is 9.94. The molecule has 6 rings (SSSR count). The zero-order valence-electron chi connectivity index (χ0n) is 18.6. The molecule has 33 heavy (non-hydrogen) atoms. The highest BCUT2D eigenvalue weighted by atomic mass is 16.5. The minimum Gasteiger partial charge on any atom is -0.497 e. The van der Waals surface area contributed by atoms with E-state index in [2.05, 4.69) is 28.2 Å². The van der Waals surface area contributed by atoms with Crippen molar-refractivity contribution in [3.8, 4) is 5.75 Å². The molecule has 0 saturated heterocycles. The van der Waals surface area contributed by atoms with Crippen LogP contribution in [0.1, 0.15) is 33.5 Å². The van der Waals surface area contributed by atoms with Gasteiger partial charge in [-0.2, -0.15) is 0 Å². The molecule has 3 aromatic heterocycles. The Kier molecular flexibility index (Phi) is 4.47. The Balaban J connectivity index is 1.49. The molecule has 1 aliphatic rings. The average molecular weight is 437 g/mol. The average Bonchev–Trinajstić information content (AvgIpc) is 3.40. The van der Waals surface area contributed by atoms with Crippen LogP contribution in [0.25, 0.3) is 21.8 Å².